The Hall–Kier alpha value is -2.67. The summed E-state index contributed by atoms with van der Waals surface area (Å²) in [5.74, 6) is -0.137. The van der Waals surface area contributed by atoms with Crippen molar-refractivity contribution in [3.8, 4) is 0 Å². The largest absolute Gasteiger partial charge is 0.335 e. The molecule has 1 saturated heterocycles. The van der Waals surface area contributed by atoms with Crippen molar-refractivity contribution in [2.24, 2.45) is 14.1 Å². The number of aromatic nitrogens is 2. The normalized spacial score (nSPS) is 18.2. The maximum Gasteiger partial charge on any atom is 0.330 e. The highest BCUT2D eigenvalue weighted by atomic mass is 16.2. The first kappa shape index (κ1) is 15.2. The number of carbonyl (C=O) groups is 1. The van der Waals surface area contributed by atoms with Crippen molar-refractivity contribution in [2.75, 3.05) is 6.54 Å². The molecule has 120 valence electrons. The molecule has 0 aliphatic carbocycles. The molecule has 1 aliphatic rings. The maximum atomic E-state index is 12.4. The number of rotatable bonds is 3. The zero-order valence-electron chi connectivity index (χ0n) is 13.0. The standard InChI is InChI=1S/C16H18N4O3/c1-18-9-12(15(22)19(2)16(18)23)14-17-13(21)10-20(14)8-11-6-4-3-5-7-11/h3-7,9,14H,8,10H2,1-2H3,(H,17,21). The fourth-order valence-corrected chi connectivity index (χ4v) is 2.83. The minimum atomic E-state index is -0.534. The SMILES string of the molecule is Cn1cc(C2NC(=O)CN2Cc2ccccc2)c(=O)n(C)c1=O. The van der Waals surface area contributed by atoms with Crippen LogP contribution in [0.25, 0.3) is 0 Å². The van der Waals surface area contributed by atoms with Gasteiger partial charge in [-0.1, -0.05) is 30.3 Å². The summed E-state index contributed by atoms with van der Waals surface area (Å²) in [6.07, 6.45) is 0.965. The van der Waals surface area contributed by atoms with Crippen molar-refractivity contribution in [1.29, 1.82) is 0 Å². The second-order valence-corrected chi connectivity index (χ2v) is 5.70. The molecule has 3 rings (SSSR count). The van der Waals surface area contributed by atoms with E-state index in [-0.39, 0.29) is 12.5 Å². The van der Waals surface area contributed by atoms with Crippen LogP contribution in [-0.4, -0.2) is 26.5 Å². The van der Waals surface area contributed by atoms with Crippen molar-refractivity contribution in [3.63, 3.8) is 0 Å². The molecule has 23 heavy (non-hydrogen) atoms. The highest BCUT2D eigenvalue weighted by Gasteiger charge is 2.33. The van der Waals surface area contributed by atoms with Gasteiger partial charge in [-0.25, -0.2) is 4.79 Å². The highest BCUT2D eigenvalue weighted by molar-refractivity contribution is 5.80. The number of hydrogen-bond acceptors (Lipinski definition) is 4. The molecule has 1 unspecified atom stereocenters. The lowest BCUT2D eigenvalue weighted by molar-refractivity contribution is -0.118. The predicted molar refractivity (Wildman–Crippen MR) is 84.7 cm³/mol. The molecule has 1 N–H and O–H groups in total. The van der Waals surface area contributed by atoms with Crippen molar-refractivity contribution in [1.82, 2.24) is 19.4 Å². The van der Waals surface area contributed by atoms with Crippen molar-refractivity contribution >= 4 is 5.91 Å². The lowest BCUT2D eigenvalue weighted by Gasteiger charge is -2.23. The van der Waals surface area contributed by atoms with Gasteiger partial charge in [0.1, 0.15) is 6.17 Å². The quantitative estimate of drug-likeness (QED) is 0.845. The van der Waals surface area contributed by atoms with Gasteiger partial charge in [0.15, 0.2) is 0 Å². The van der Waals surface area contributed by atoms with E-state index >= 15 is 0 Å². The summed E-state index contributed by atoms with van der Waals surface area (Å²) in [5, 5.41) is 2.81. The Kier molecular flexibility index (Phi) is 3.87. The zero-order valence-corrected chi connectivity index (χ0v) is 13.0. The third-order valence-corrected chi connectivity index (χ3v) is 4.01. The van der Waals surface area contributed by atoms with E-state index in [1.165, 1.54) is 17.8 Å². The van der Waals surface area contributed by atoms with E-state index in [1.54, 1.807) is 7.05 Å². The van der Waals surface area contributed by atoms with Gasteiger partial charge < -0.3 is 9.88 Å². The first-order valence-electron chi connectivity index (χ1n) is 7.31. The molecule has 1 fully saturated rings. The van der Waals surface area contributed by atoms with Crippen LogP contribution in [0.3, 0.4) is 0 Å². The average Bonchev–Trinajstić information content (AvgIpc) is 2.90. The maximum absolute atomic E-state index is 12.4. The second-order valence-electron chi connectivity index (χ2n) is 5.70. The summed E-state index contributed by atoms with van der Waals surface area (Å²) in [5.41, 5.74) is 0.656. The zero-order chi connectivity index (χ0) is 16.6. The van der Waals surface area contributed by atoms with Crippen LogP contribution in [0.5, 0.6) is 0 Å². The van der Waals surface area contributed by atoms with Gasteiger partial charge in [-0.05, 0) is 5.56 Å². The van der Waals surface area contributed by atoms with Crippen LogP contribution in [0.1, 0.15) is 17.3 Å². The molecule has 0 radical (unpaired) electrons. The summed E-state index contributed by atoms with van der Waals surface area (Å²) < 4.78 is 2.41. The second kappa shape index (κ2) is 5.85. The Morgan fingerprint density at radius 2 is 1.83 bits per heavy atom. The van der Waals surface area contributed by atoms with Crippen LogP contribution < -0.4 is 16.6 Å². The lowest BCUT2D eigenvalue weighted by atomic mass is 10.2. The molecule has 1 aliphatic heterocycles. The molecular formula is C16H18N4O3. The van der Waals surface area contributed by atoms with Crippen molar-refractivity contribution in [3.05, 3.63) is 68.5 Å². The minimum Gasteiger partial charge on any atom is -0.335 e. The van der Waals surface area contributed by atoms with E-state index in [9.17, 15) is 14.4 Å². The molecule has 0 bridgehead atoms. The van der Waals surface area contributed by atoms with Gasteiger partial charge in [0.05, 0.1) is 12.1 Å². The van der Waals surface area contributed by atoms with Crippen LogP contribution in [0, 0.1) is 0 Å². The molecule has 2 aromatic rings. The molecular weight excluding hydrogens is 296 g/mol. The van der Waals surface area contributed by atoms with Crippen LogP contribution in [0.15, 0.2) is 46.1 Å². The van der Waals surface area contributed by atoms with Crippen molar-refractivity contribution < 1.29 is 4.79 Å². The molecule has 0 spiro atoms. The number of aryl methyl sites for hydroxylation is 1. The number of amides is 1. The van der Waals surface area contributed by atoms with Gasteiger partial charge in [-0.15, -0.1) is 0 Å². The molecule has 1 atom stereocenters. The number of hydrogen-bond donors (Lipinski definition) is 1. The molecule has 1 amide bonds. The molecule has 2 heterocycles. The predicted octanol–water partition coefficient (Wildman–Crippen LogP) is -0.285. The fraction of sp³-hybridized carbons (Fsp3) is 0.312. The average molecular weight is 314 g/mol. The first-order chi connectivity index (χ1) is 11.0. The van der Waals surface area contributed by atoms with E-state index in [0.29, 0.717) is 12.1 Å². The van der Waals surface area contributed by atoms with Crippen LogP contribution in [0.4, 0.5) is 0 Å². The van der Waals surface area contributed by atoms with E-state index in [4.69, 9.17) is 0 Å². The van der Waals surface area contributed by atoms with Gasteiger partial charge in [0.2, 0.25) is 5.91 Å². The van der Waals surface area contributed by atoms with Crippen molar-refractivity contribution in [2.45, 2.75) is 12.7 Å². The topological polar surface area (TPSA) is 76.3 Å². The van der Waals surface area contributed by atoms with Crippen LogP contribution >= 0.6 is 0 Å². The van der Waals surface area contributed by atoms with E-state index < -0.39 is 17.4 Å². The Morgan fingerprint density at radius 1 is 1.13 bits per heavy atom. The van der Waals surface area contributed by atoms with Crippen LogP contribution in [-0.2, 0) is 25.4 Å². The third kappa shape index (κ3) is 2.83. The Bertz CT molecular complexity index is 854. The Morgan fingerprint density at radius 3 is 2.52 bits per heavy atom. The number of carbonyl (C=O) groups excluding carboxylic acids is 1. The van der Waals surface area contributed by atoms with E-state index in [2.05, 4.69) is 5.32 Å². The van der Waals surface area contributed by atoms with Gasteiger partial charge in [-0.3, -0.25) is 19.1 Å². The lowest BCUT2D eigenvalue weighted by Crippen LogP contribution is -2.42. The van der Waals surface area contributed by atoms with Gasteiger partial charge in [0, 0.05) is 26.8 Å². The number of nitrogens with one attached hydrogen (secondary N) is 1. The van der Waals surface area contributed by atoms with E-state index in [1.807, 2.05) is 35.2 Å². The summed E-state index contributed by atoms with van der Waals surface area (Å²) in [7, 11) is 3.02. The summed E-state index contributed by atoms with van der Waals surface area (Å²) in [4.78, 5) is 38.0. The molecule has 1 aromatic heterocycles. The molecule has 7 nitrogen and oxygen atoms in total. The van der Waals surface area contributed by atoms with Crippen LogP contribution in [0.2, 0.25) is 0 Å². The minimum absolute atomic E-state index is 0.137. The summed E-state index contributed by atoms with van der Waals surface area (Å²) >= 11 is 0. The number of benzene rings is 1. The highest BCUT2D eigenvalue weighted by Crippen LogP contribution is 2.21. The Balaban J connectivity index is 1.99. The molecule has 0 saturated carbocycles. The Labute approximate surface area is 132 Å². The number of nitrogens with zero attached hydrogens (tertiary/aromatic N) is 3. The van der Waals surface area contributed by atoms with Gasteiger partial charge in [-0.2, -0.15) is 0 Å². The van der Waals surface area contributed by atoms with Gasteiger partial charge >= 0.3 is 5.69 Å². The molecule has 1 aromatic carbocycles. The summed E-state index contributed by atoms with van der Waals surface area (Å²) in [6.45, 7) is 0.752. The molecule has 7 heteroatoms. The van der Waals surface area contributed by atoms with E-state index in [0.717, 1.165) is 10.1 Å². The van der Waals surface area contributed by atoms with Gasteiger partial charge in [0.25, 0.3) is 5.56 Å². The smallest absolute Gasteiger partial charge is 0.330 e. The first-order valence-corrected chi connectivity index (χ1v) is 7.31. The summed E-state index contributed by atoms with van der Waals surface area (Å²) in [6, 6.07) is 9.73. The monoisotopic (exact) mass is 314 g/mol. The fourth-order valence-electron chi connectivity index (χ4n) is 2.83. The third-order valence-electron chi connectivity index (χ3n) is 4.01.